The predicted octanol–water partition coefficient (Wildman–Crippen LogP) is 5.39. The van der Waals surface area contributed by atoms with Gasteiger partial charge in [0.2, 0.25) is 0 Å². The Morgan fingerprint density at radius 1 is 0.929 bits per heavy atom. The number of rotatable bonds is 4. The van der Waals surface area contributed by atoms with Crippen molar-refractivity contribution in [2.24, 2.45) is 5.41 Å². The molecule has 0 saturated carbocycles. The highest BCUT2D eigenvalue weighted by atomic mass is 32.1. The quantitative estimate of drug-likeness (QED) is 0.629. The van der Waals surface area contributed by atoms with Crippen LogP contribution in [-0.2, 0) is 5.60 Å². The van der Waals surface area contributed by atoms with Gasteiger partial charge in [0.15, 0.2) is 0 Å². The first kappa shape index (κ1) is 20.3. The van der Waals surface area contributed by atoms with Gasteiger partial charge < -0.3 is 9.84 Å². The number of halogens is 3. The van der Waals surface area contributed by atoms with Crippen molar-refractivity contribution in [3.63, 3.8) is 0 Å². The van der Waals surface area contributed by atoms with Crippen LogP contribution in [-0.4, -0.2) is 21.4 Å². The Bertz CT molecular complexity index is 918. The molecule has 0 aliphatic rings. The molecule has 1 atom stereocenters. The van der Waals surface area contributed by atoms with E-state index < -0.39 is 17.4 Å². The second kappa shape index (κ2) is 7.18. The fourth-order valence-electron chi connectivity index (χ4n) is 2.90. The third kappa shape index (κ3) is 4.02. The van der Waals surface area contributed by atoms with Gasteiger partial charge in [0.25, 0.3) is 0 Å². The number of ether oxygens (including phenoxy) is 1. The summed E-state index contributed by atoms with van der Waals surface area (Å²) in [6, 6.07) is 9.05. The Morgan fingerprint density at radius 2 is 1.57 bits per heavy atom. The average Bonchev–Trinajstić information content (AvgIpc) is 3.14. The highest BCUT2D eigenvalue weighted by molar-refractivity contribution is 7.09. The fourth-order valence-corrected chi connectivity index (χ4v) is 3.84. The molecule has 2 aromatic heterocycles. The van der Waals surface area contributed by atoms with Crippen molar-refractivity contribution in [1.29, 1.82) is 0 Å². The minimum Gasteiger partial charge on any atom is -0.406 e. The Morgan fingerprint density at radius 3 is 2.04 bits per heavy atom. The molecular formula is C20H19F3N2O2S. The highest BCUT2D eigenvalue weighted by Gasteiger charge is 2.45. The monoisotopic (exact) mass is 408 g/mol. The molecule has 0 fully saturated rings. The summed E-state index contributed by atoms with van der Waals surface area (Å²) in [4.78, 5) is 9.20. The van der Waals surface area contributed by atoms with Crippen LogP contribution in [0, 0.1) is 5.41 Å². The third-order valence-corrected chi connectivity index (χ3v) is 5.31. The van der Waals surface area contributed by atoms with E-state index in [1.807, 2.05) is 20.8 Å². The van der Waals surface area contributed by atoms with Crippen molar-refractivity contribution in [2.75, 3.05) is 0 Å². The summed E-state index contributed by atoms with van der Waals surface area (Å²) in [6.45, 7) is 5.76. The van der Waals surface area contributed by atoms with E-state index in [9.17, 15) is 18.3 Å². The zero-order valence-electron chi connectivity index (χ0n) is 15.5. The zero-order chi connectivity index (χ0) is 20.6. The molecule has 2 heterocycles. The number of pyridine rings is 1. The minimum atomic E-state index is -4.72. The van der Waals surface area contributed by atoms with Gasteiger partial charge in [0.1, 0.15) is 11.4 Å². The van der Waals surface area contributed by atoms with Crippen LogP contribution in [0.5, 0.6) is 5.75 Å². The Labute approximate surface area is 164 Å². The minimum absolute atomic E-state index is 0.284. The summed E-state index contributed by atoms with van der Waals surface area (Å²) in [5.41, 5.74) is 1.67. The van der Waals surface area contributed by atoms with E-state index in [2.05, 4.69) is 14.7 Å². The predicted molar refractivity (Wildman–Crippen MR) is 101 cm³/mol. The van der Waals surface area contributed by atoms with E-state index in [0.717, 1.165) is 0 Å². The van der Waals surface area contributed by atoms with Crippen LogP contribution in [0.1, 0.15) is 31.3 Å². The van der Waals surface area contributed by atoms with Crippen LogP contribution < -0.4 is 4.74 Å². The van der Waals surface area contributed by atoms with Crippen molar-refractivity contribution in [2.45, 2.75) is 32.7 Å². The van der Waals surface area contributed by atoms with Crippen molar-refractivity contribution < 1.29 is 23.0 Å². The van der Waals surface area contributed by atoms with Crippen LogP contribution in [0.15, 0.2) is 54.3 Å². The van der Waals surface area contributed by atoms with Gasteiger partial charge in [-0.05, 0) is 23.8 Å². The molecule has 1 unspecified atom stereocenters. The van der Waals surface area contributed by atoms with Crippen molar-refractivity contribution >= 4 is 11.3 Å². The Hall–Kier alpha value is -2.45. The van der Waals surface area contributed by atoms with Gasteiger partial charge in [-0.3, -0.25) is 9.97 Å². The first-order chi connectivity index (χ1) is 13.0. The molecule has 1 aromatic carbocycles. The van der Waals surface area contributed by atoms with E-state index in [1.54, 1.807) is 30.0 Å². The van der Waals surface area contributed by atoms with Crippen LogP contribution >= 0.6 is 11.3 Å². The molecule has 4 nitrogen and oxygen atoms in total. The number of thiazole rings is 1. The lowest BCUT2D eigenvalue weighted by molar-refractivity contribution is -0.274. The maximum Gasteiger partial charge on any atom is 0.573 e. The van der Waals surface area contributed by atoms with Crippen molar-refractivity contribution in [1.82, 2.24) is 9.97 Å². The number of aromatic nitrogens is 2. The number of alkyl halides is 3. The maximum atomic E-state index is 12.3. The molecule has 0 amide bonds. The van der Waals surface area contributed by atoms with E-state index in [1.165, 1.54) is 35.6 Å². The smallest absolute Gasteiger partial charge is 0.406 e. The zero-order valence-corrected chi connectivity index (χ0v) is 16.3. The number of hydrogen-bond donors (Lipinski definition) is 1. The van der Waals surface area contributed by atoms with Gasteiger partial charge in [0, 0.05) is 23.4 Å². The van der Waals surface area contributed by atoms with E-state index in [0.29, 0.717) is 21.7 Å². The summed E-state index contributed by atoms with van der Waals surface area (Å²) in [5, 5.41) is 11.5. The first-order valence-corrected chi connectivity index (χ1v) is 9.33. The van der Waals surface area contributed by atoms with Gasteiger partial charge >= 0.3 is 6.36 Å². The van der Waals surface area contributed by atoms with E-state index in [-0.39, 0.29) is 5.75 Å². The molecule has 0 radical (unpaired) electrons. The second-order valence-corrected chi connectivity index (χ2v) is 8.22. The number of nitrogens with zero attached hydrogens (tertiary/aromatic N) is 2. The van der Waals surface area contributed by atoms with Gasteiger partial charge in [0.05, 0.1) is 16.1 Å². The fraction of sp³-hybridized carbons (Fsp3) is 0.300. The summed E-state index contributed by atoms with van der Waals surface area (Å²) in [6.07, 6.45) is -1.50. The van der Waals surface area contributed by atoms with Crippen LogP contribution in [0.2, 0.25) is 0 Å². The molecule has 0 saturated heterocycles. The highest BCUT2D eigenvalue weighted by Crippen LogP contribution is 2.45. The first-order valence-electron chi connectivity index (χ1n) is 8.45. The van der Waals surface area contributed by atoms with Gasteiger partial charge in [-0.1, -0.05) is 39.0 Å². The standard InChI is InChI=1S/C20H19F3N2O2S/c1-18(2,3)19(26,17-11-24-12-28-17)16-9-6-14(10-25-16)13-4-7-15(8-5-13)27-20(21,22)23/h4-12,26H,1-3H3. The summed E-state index contributed by atoms with van der Waals surface area (Å²) >= 11 is 1.35. The average molecular weight is 408 g/mol. The lowest BCUT2D eigenvalue weighted by Gasteiger charge is -2.38. The normalized spacial score (nSPS) is 14.5. The van der Waals surface area contributed by atoms with Crippen LogP contribution in [0.25, 0.3) is 11.1 Å². The molecule has 8 heteroatoms. The Balaban J connectivity index is 1.91. The Kier molecular flexibility index (Phi) is 5.20. The molecule has 28 heavy (non-hydrogen) atoms. The maximum absolute atomic E-state index is 12.3. The van der Waals surface area contributed by atoms with Gasteiger partial charge in [-0.2, -0.15) is 0 Å². The summed E-state index contributed by atoms with van der Waals surface area (Å²) < 4.78 is 40.7. The lowest BCUT2D eigenvalue weighted by atomic mass is 9.73. The second-order valence-electron chi connectivity index (χ2n) is 7.33. The van der Waals surface area contributed by atoms with Gasteiger partial charge in [-0.15, -0.1) is 24.5 Å². The number of benzene rings is 1. The molecule has 0 spiro atoms. The molecule has 0 bridgehead atoms. The topological polar surface area (TPSA) is 55.2 Å². The number of aliphatic hydroxyl groups is 1. The molecule has 3 rings (SSSR count). The largest absolute Gasteiger partial charge is 0.573 e. The molecule has 0 aliphatic carbocycles. The molecule has 3 aromatic rings. The van der Waals surface area contributed by atoms with Crippen molar-refractivity contribution in [3.05, 3.63) is 64.9 Å². The molecular weight excluding hydrogens is 389 g/mol. The summed E-state index contributed by atoms with van der Waals surface area (Å²) in [7, 11) is 0. The summed E-state index contributed by atoms with van der Waals surface area (Å²) in [5.74, 6) is -0.284. The third-order valence-electron chi connectivity index (χ3n) is 4.43. The number of hydrogen-bond acceptors (Lipinski definition) is 5. The molecule has 1 N–H and O–H groups in total. The van der Waals surface area contributed by atoms with E-state index >= 15 is 0 Å². The molecule has 148 valence electrons. The van der Waals surface area contributed by atoms with Gasteiger partial charge in [-0.25, -0.2) is 0 Å². The lowest BCUT2D eigenvalue weighted by Crippen LogP contribution is -2.41. The molecule has 0 aliphatic heterocycles. The van der Waals surface area contributed by atoms with Crippen molar-refractivity contribution in [3.8, 4) is 16.9 Å². The van der Waals surface area contributed by atoms with Crippen LogP contribution in [0.3, 0.4) is 0 Å². The SMILES string of the molecule is CC(C)(C)C(O)(c1ccc(-c2ccc(OC(F)(F)F)cc2)cn1)c1cncs1. The van der Waals surface area contributed by atoms with E-state index in [4.69, 9.17) is 0 Å². The van der Waals surface area contributed by atoms with Crippen LogP contribution in [0.4, 0.5) is 13.2 Å².